The van der Waals surface area contributed by atoms with E-state index < -0.39 is 10.0 Å². The third kappa shape index (κ3) is 4.10. The molecule has 2 N–H and O–H groups in total. The fourth-order valence-corrected chi connectivity index (χ4v) is 4.62. The first-order valence-electron chi connectivity index (χ1n) is 9.14. The van der Waals surface area contributed by atoms with Crippen molar-refractivity contribution in [3.8, 4) is 5.75 Å². The lowest BCUT2D eigenvalue weighted by Crippen LogP contribution is -2.41. The van der Waals surface area contributed by atoms with E-state index in [2.05, 4.69) is 20.0 Å². The molecule has 1 aliphatic heterocycles. The molecule has 0 saturated heterocycles. The maximum atomic E-state index is 12.8. The first-order valence-corrected chi connectivity index (χ1v) is 11.0. The van der Waals surface area contributed by atoms with Gasteiger partial charge in [0.25, 0.3) is 10.0 Å². The van der Waals surface area contributed by atoms with E-state index in [0.717, 1.165) is 16.7 Å². The Labute approximate surface area is 179 Å². The lowest BCUT2D eigenvalue weighted by atomic mass is 10.0. The molecular formula is C21H19ClN4O3S. The standard InChI is InChI=1S/C21H19ClN4O3S/c1-29-18-9-10-23-12-16(18)13-24-21-25-20-15(11-14-5-2-3-7-17(14)22)6-4-8-19(20)30(27,28)26-21/h2-10,12H,11,13H2,1H3,(H2,24,25,26). The number of anilines is 1. The van der Waals surface area contributed by atoms with E-state index >= 15 is 0 Å². The van der Waals surface area contributed by atoms with Gasteiger partial charge < -0.3 is 10.1 Å². The smallest absolute Gasteiger partial charge is 0.266 e. The summed E-state index contributed by atoms with van der Waals surface area (Å²) in [5, 5.41) is 3.75. The summed E-state index contributed by atoms with van der Waals surface area (Å²) in [5.74, 6) is 0.771. The molecule has 2 heterocycles. The number of halogens is 1. The van der Waals surface area contributed by atoms with Gasteiger partial charge in [0.15, 0.2) is 0 Å². The van der Waals surface area contributed by atoms with Crippen molar-refractivity contribution in [1.29, 1.82) is 0 Å². The molecule has 30 heavy (non-hydrogen) atoms. The summed E-state index contributed by atoms with van der Waals surface area (Å²) in [6.07, 6.45) is 3.74. The Hall–Kier alpha value is -3.10. The molecule has 3 aromatic rings. The maximum absolute atomic E-state index is 12.8. The van der Waals surface area contributed by atoms with E-state index in [-0.39, 0.29) is 17.4 Å². The highest BCUT2D eigenvalue weighted by Gasteiger charge is 2.28. The maximum Gasteiger partial charge on any atom is 0.266 e. The Bertz CT molecular complexity index is 1230. The number of aromatic nitrogens is 1. The Kier molecular flexibility index (Phi) is 5.61. The molecule has 0 amide bonds. The molecule has 0 spiro atoms. The van der Waals surface area contributed by atoms with Crippen LogP contribution in [-0.2, 0) is 23.0 Å². The number of sulfonamides is 1. The predicted octanol–water partition coefficient (Wildman–Crippen LogP) is 3.59. The van der Waals surface area contributed by atoms with Crippen molar-refractivity contribution < 1.29 is 13.2 Å². The van der Waals surface area contributed by atoms with Crippen LogP contribution in [0, 0.1) is 0 Å². The van der Waals surface area contributed by atoms with Crippen molar-refractivity contribution in [2.24, 2.45) is 4.99 Å². The van der Waals surface area contributed by atoms with Gasteiger partial charge in [-0.2, -0.15) is 0 Å². The summed E-state index contributed by atoms with van der Waals surface area (Å²) in [6.45, 7) is 0.198. The highest BCUT2D eigenvalue weighted by Crippen LogP contribution is 2.31. The zero-order chi connectivity index (χ0) is 21.1. The van der Waals surface area contributed by atoms with Gasteiger partial charge in [0.2, 0.25) is 5.96 Å². The number of fused-ring (bicyclic) bond motifs is 1. The third-order valence-electron chi connectivity index (χ3n) is 4.70. The molecule has 2 aromatic carbocycles. The molecule has 0 radical (unpaired) electrons. The van der Waals surface area contributed by atoms with Gasteiger partial charge in [0.05, 0.1) is 19.3 Å². The number of hydrogen-bond acceptors (Lipinski definition) is 5. The second kappa shape index (κ2) is 8.33. The molecule has 1 aliphatic rings. The monoisotopic (exact) mass is 442 g/mol. The minimum atomic E-state index is -3.76. The number of guanidine groups is 1. The third-order valence-corrected chi connectivity index (χ3v) is 6.45. The van der Waals surface area contributed by atoms with Crippen LogP contribution in [0.3, 0.4) is 0 Å². The zero-order valence-corrected chi connectivity index (χ0v) is 17.7. The summed E-state index contributed by atoms with van der Waals surface area (Å²) in [7, 11) is -2.20. The van der Waals surface area contributed by atoms with Gasteiger partial charge in [-0.3, -0.25) is 4.98 Å². The lowest BCUT2D eigenvalue weighted by molar-refractivity contribution is 0.409. The summed E-state index contributed by atoms with van der Waals surface area (Å²) < 4.78 is 33.4. The van der Waals surface area contributed by atoms with Crippen LogP contribution in [-0.4, -0.2) is 26.5 Å². The number of nitrogens with one attached hydrogen (secondary N) is 2. The van der Waals surface area contributed by atoms with Crippen molar-refractivity contribution in [2.75, 3.05) is 12.4 Å². The average Bonchev–Trinajstić information content (AvgIpc) is 2.74. The minimum absolute atomic E-state index is 0.139. The van der Waals surface area contributed by atoms with Gasteiger partial charge in [-0.05, 0) is 29.3 Å². The Morgan fingerprint density at radius 3 is 2.67 bits per heavy atom. The van der Waals surface area contributed by atoms with Gasteiger partial charge in [0.1, 0.15) is 10.6 Å². The Balaban J connectivity index is 1.68. The molecule has 0 unspecified atom stereocenters. The second-order valence-corrected chi connectivity index (χ2v) is 8.70. The number of para-hydroxylation sites is 1. The van der Waals surface area contributed by atoms with Crippen molar-refractivity contribution in [1.82, 2.24) is 9.71 Å². The quantitative estimate of drug-likeness (QED) is 0.629. The van der Waals surface area contributed by atoms with Crippen LogP contribution in [0.1, 0.15) is 16.7 Å². The molecule has 1 aromatic heterocycles. The zero-order valence-electron chi connectivity index (χ0n) is 16.1. The molecule has 4 rings (SSSR count). The van der Waals surface area contributed by atoms with Crippen LogP contribution in [0.4, 0.5) is 5.69 Å². The first-order chi connectivity index (χ1) is 14.5. The van der Waals surface area contributed by atoms with E-state index in [1.807, 2.05) is 30.3 Å². The number of ether oxygens (including phenoxy) is 1. The molecule has 0 atom stereocenters. The number of pyridine rings is 1. The number of aliphatic imine (C=N–C) groups is 1. The summed E-state index contributed by atoms with van der Waals surface area (Å²) >= 11 is 6.30. The van der Waals surface area contributed by atoms with Crippen LogP contribution < -0.4 is 14.8 Å². The highest BCUT2D eigenvalue weighted by molar-refractivity contribution is 7.90. The Morgan fingerprint density at radius 2 is 1.87 bits per heavy atom. The molecule has 0 saturated carbocycles. The van der Waals surface area contributed by atoms with Crippen molar-refractivity contribution >= 4 is 33.3 Å². The van der Waals surface area contributed by atoms with Crippen LogP contribution >= 0.6 is 11.6 Å². The van der Waals surface area contributed by atoms with Gasteiger partial charge in [-0.1, -0.05) is 41.9 Å². The highest BCUT2D eigenvalue weighted by atomic mass is 35.5. The van der Waals surface area contributed by atoms with E-state index in [1.165, 1.54) is 0 Å². The van der Waals surface area contributed by atoms with E-state index in [9.17, 15) is 8.42 Å². The predicted molar refractivity (Wildman–Crippen MR) is 117 cm³/mol. The molecule has 9 heteroatoms. The van der Waals surface area contributed by atoms with Gasteiger partial charge in [0, 0.05) is 29.4 Å². The molecular weight excluding hydrogens is 424 g/mol. The van der Waals surface area contributed by atoms with Gasteiger partial charge in [-0.15, -0.1) is 0 Å². The van der Waals surface area contributed by atoms with Crippen LogP contribution in [0.25, 0.3) is 0 Å². The van der Waals surface area contributed by atoms with E-state index in [0.29, 0.717) is 22.9 Å². The van der Waals surface area contributed by atoms with Crippen LogP contribution in [0.15, 0.2) is 70.8 Å². The SMILES string of the molecule is COc1ccncc1CN=C1Nc2c(Cc3ccccc3Cl)cccc2S(=O)(=O)N1. The number of hydrogen-bond donors (Lipinski definition) is 2. The molecule has 154 valence electrons. The number of nitrogens with zero attached hydrogens (tertiary/aromatic N) is 2. The van der Waals surface area contributed by atoms with E-state index in [4.69, 9.17) is 16.3 Å². The number of rotatable bonds is 5. The molecule has 0 fully saturated rings. The minimum Gasteiger partial charge on any atom is -0.496 e. The van der Waals surface area contributed by atoms with Crippen LogP contribution in [0.2, 0.25) is 5.02 Å². The molecule has 7 nitrogen and oxygen atoms in total. The van der Waals surface area contributed by atoms with Crippen molar-refractivity contribution in [3.05, 3.63) is 82.6 Å². The summed E-state index contributed by atoms with van der Waals surface area (Å²) in [5.41, 5.74) is 2.94. The Morgan fingerprint density at radius 1 is 1.07 bits per heavy atom. The number of methoxy groups -OCH3 is 1. The van der Waals surface area contributed by atoms with Gasteiger partial charge >= 0.3 is 0 Å². The van der Waals surface area contributed by atoms with Crippen molar-refractivity contribution in [3.63, 3.8) is 0 Å². The largest absolute Gasteiger partial charge is 0.496 e. The lowest BCUT2D eigenvalue weighted by Gasteiger charge is -2.24. The summed E-state index contributed by atoms with van der Waals surface area (Å²) in [4.78, 5) is 8.63. The van der Waals surface area contributed by atoms with Crippen LogP contribution in [0.5, 0.6) is 5.75 Å². The average molecular weight is 443 g/mol. The van der Waals surface area contributed by atoms with Crippen molar-refractivity contribution in [2.45, 2.75) is 17.9 Å². The fraction of sp³-hybridized carbons (Fsp3) is 0.143. The second-order valence-electron chi connectivity index (χ2n) is 6.64. The number of benzene rings is 2. The first kappa shape index (κ1) is 20.2. The summed E-state index contributed by atoms with van der Waals surface area (Å²) in [6, 6.07) is 14.4. The molecule has 0 bridgehead atoms. The molecule has 0 aliphatic carbocycles. The normalized spacial score (nSPS) is 15.7. The van der Waals surface area contributed by atoms with Gasteiger partial charge in [-0.25, -0.2) is 18.1 Å². The topological polar surface area (TPSA) is 92.7 Å². The fourth-order valence-electron chi connectivity index (χ4n) is 3.23. The van der Waals surface area contributed by atoms with E-state index in [1.54, 1.807) is 37.7 Å².